The van der Waals surface area contributed by atoms with E-state index in [1.165, 1.54) is 32.6 Å². The van der Waals surface area contributed by atoms with Gasteiger partial charge in [0, 0.05) is 33.6 Å². The Balaban J connectivity index is 2.15. The van der Waals surface area contributed by atoms with Crippen LogP contribution in [0, 0.1) is 13.8 Å². The number of thiocarbonyl (C=S) groups is 1. The van der Waals surface area contributed by atoms with Crippen LogP contribution in [0.15, 0.2) is 53.4 Å². The van der Waals surface area contributed by atoms with Crippen LogP contribution in [0.25, 0.3) is 17.0 Å². The average molecular weight is 408 g/mol. The van der Waals surface area contributed by atoms with Crippen molar-refractivity contribution in [1.82, 2.24) is 4.57 Å². The van der Waals surface area contributed by atoms with E-state index in [4.69, 9.17) is 12.2 Å². The van der Waals surface area contributed by atoms with Crippen molar-refractivity contribution in [2.75, 3.05) is 0 Å². The van der Waals surface area contributed by atoms with E-state index in [-0.39, 0.29) is 0 Å². The van der Waals surface area contributed by atoms with Crippen LogP contribution in [0.4, 0.5) is 0 Å². The lowest BCUT2D eigenvalue weighted by molar-refractivity contribution is 0.685. The normalized spacial score (nSPS) is 12.4. The molecule has 2 heterocycles. The summed E-state index contributed by atoms with van der Waals surface area (Å²) in [6.45, 7) is 9.83. The van der Waals surface area contributed by atoms with Crippen LogP contribution < -0.4 is 0 Å². The summed E-state index contributed by atoms with van der Waals surface area (Å²) in [5.74, 6) is 0. The van der Waals surface area contributed by atoms with Crippen LogP contribution in [-0.2, 0) is 6.54 Å². The first-order valence-corrected chi connectivity index (χ1v) is 11.4. The summed E-state index contributed by atoms with van der Waals surface area (Å²) in [7, 11) is 0. The summed E-state index contributed by atoms with van der Waals surface area (Å²) in [6.07, 6.45) is 10.0. The molecule has 2 aromatic heterocycles. The second kappa shape index (κ2) is 9.49. The summed E-state index contributed by atoms with van der Waals surface area (Å²) in [5, 5.41) is 3.41. The molecule has 3 heteroatoms. The Bertz CT molecular complexity index is 1030. The SMILES string of the molecule is CCC/C=C\C(=C/c1ccsc1C)C(=S)c1c(C)n(CCC)c2ccccc12. The molecule has 0 radical (unpaired) electrons. The number of allylic oxidation sites excluding steroid dienone is 3. The molecule has 146 valence electrons. The highest BCUT2D eigenvalue weighted by Crippen LogP contribution is 2.30. The van der Waals surface area contributed by atoms with Crippen LogP contribution in [-0.4, -0.2) is 9.43 Å². The van der Waals surface area contributed by atoms with Gasteiger partial charge in [0.15, 0.2) is 0 Å². The lowest BCUT2D eigenvalue weighted by atomic mass is 9.99. The van der Waals surface area contributed by atoms with Gasteiger partial charge in [-0.25, -0.2) is 0 Å². The van der Waals surface area contributed by atoms with Crippen molar-refractivity contribution in [3.8, 4) is 0 Å². The number of hydrogen-bond donors (Lipinski definition) is 0. The highest BCUT2D eigenvalue weighted by Gasteiger charge is 2.18. The Morgan fingerprint density at radius 3 is 2.57 bits per heavy atom. The van der Waals surface area contributed by atoms with Crippen molar-refractivity contribution in [1.29, 1.82) is 0 Å². The molecule has 1 aromatic carbocycles. The fraction of sp³-hybridized carbons (Fsp3) is 0.320. The van der Waals surface area contributed by atoms with Gasteiger partial charge in [-0.05, 0) is 61.4 Å². The van der Waals surface area contributed by atoms with Crippen molar-refractivity contribution >= 4 is 45.4 Å². The van der Waals surface area contributed by atoms with Crippen LogP contribution in [0.3, 0.4) is 0 Å². The first kappa shape index (κ1) is 20.8. The Morgan fingerprint density at radius 1 is 1.11 bits per heavy atom. The molecule has 0 amide bonds. The summed E-state index contributed by atoms with van der Waals surface area (Å²) in [6, 6.07) is 10.8. The van der Waals surface area contributed by atoms with Crippen LogP contribution in [0.1, 0.15) is 54.8 Å². The number of fused-ring (bicyclic) bond motifs is 1. The smallest absolute Gasteiger partial charge is 0.0546 e. The van der Waals surface area contributed by atoms with Gasteiger partial charge in [-0.1, -0.05) is 62.8 Å². The molecule has 0 unspecified atom stereocenters. The molecule has 0 aliphatic carbocycles. The van der Waals surface area contributed by atoms with Gasteiger partial charge in [0.05, 0.1) is 4.86 Å². The molecular formula is C25H29NS2. The second-order valence-electron chi connectivity index (χ2n) is 7.18. The minimum atomic E-state index is 0.946. The van der Waals surface area contributed by atoms with Gasteiger partial charge in [-0.3, -0.25) is 0 Å². The van der Waals surface area contributed by atoms with Gasteiger partial charge in [-0.2, -0.15) is 0 Å². The van der Waals surface area contributed by atoms with E-state index in [1.54, 1.807) is 11.3 Å². The molecule has 0 fully saturated rings. The number of nitrogens with zero attached hydrogens (tertiary/aromatic N) is 1. The Labute approximate surface area is 178 Å². The zero-order chi connectivity index (χ0) is 20.1. The van der Waals surface area contributed by atoms with E-state index < -0.39 is 0 Å². The maximum Gasteiger partial charge on any atom is 0.0546 e. The summed E-state index contributed by atoms with van der Waals surface area (Å²) >= 11 is 7.87. The van der Waals surface area contributed by atoms with Gasteiger partial charge in [0.25, 0.3) is 0 Å². The third-order valence-electron chi connectivity index (χ3n) is 5.13. The van der Waals surface area contributed by atoms with E-state index in [0.717, 1.165) is 36.2 Å². The third-order valence-corrected chi connectivity index (χ3v) is 6.43. The Hall–Kier alpha value is -1.97. The van der Waals surface area contributed by atoms with Gasteiger partial charge in [0.2, 0.25) is 0 Å². The number of hydrogen-bond acceptors (Lipinski definition) is 2. The van der Waals surface area contributed by atoms with Crippen LogP contribution in [0.2, 0.25) is 0 Å². The highest BCUT2D eigenvalue weighted by molar-refractivity contribution is 7.81. The molecule has 3 rings (SSSR count). The summed E-state index contributed by atoms with van der Waals surface area (Å²) in [5.41, 5.74) is 6.15. The third kappa shape index (κ3) is 4.21. The standard InChI is InChI=1S/C25H29NS2/c1-5-7-8-11-21(17-20-14-16-28-19(20)4)25(27)24-18(3)26(15-6-2)23-13-10-9-12-22(23)24/h8-14,16-17H,5-7,15H2,1-4H3/b11-8-,21-17+. The fourth-order valence-electron chi connectivity index (χ4n) is 3.65. The lowest BCUT2D eigenvalue weighted by Gasteiger charge is -2.09. The number of benzene rings is 1. The largest absolute Gasteiger partial charge is 0.344 e. The van der Waals surface area contributed by atoms with E-state index >= 15 is 0 Å². The average Bonchev–Trinajstić information content (AvgIpc) is 3.22. The zero-order valence-electron chi connectivity index (χ0n) is 17.3. The molecule has 0 bridgehead atoms. The summed E-state index contributed by atoms with van der Waals surface area (Å²) < 4.78 is 2.42. The number of unbranched alkanes of at least 4 members (excludes halogenated alkanes) is 1. The topological polar surface area (TPSA) is 4.93 Å². The highest BCUT2D eigenvalue weighted by atomic mass is 32.1. The molecule has 0 aliphatic heterocycles. The van der Waals surface area contributed by atoms with E-state index in [9.17, 15) is 0 Å². The van der Waals surface area contributed by atoms with Crippen molar-refractivity contribution in [2.24, 2.45) is 0 Å². The van der Waals surface area contributed by atoms with Crippen molar-refractivity contribution in [3.63, 3.8) is 0 Å². The van der Waals surface area contributed by atoms with Crippen LogP contribution >= 0.6 is 23.6 Å². The first-order chi connectivity index (χ1) is 13.6. The quantitative estimate of drug-likeness (QED) is 0.159. The predicted molar refractivity (Wildman–Crippen MR) is 130 cm³/mol. The van der Waals surface area contributed by atoms with E-state index in [1.807, 2.05) is 0 Å². The minimum absolute atomic E-state index is 0.946. The van der Waals surface area contributed by atoms with E-state index in [2.05, 4.69) is 86.2 Å². The molecule has 1 nitrogen and oxygen atoms in total. The first-order valence-electron chi connectivity index (χ1n) is 10.1. The van der Waals surface area contributed by atoms with Gasteiger partial charge in [0.1, 0.15) is 0 Å². The van der Waals surface area contributed by atoms with Gasteiger partial charge < -0.3 is 4.57 Å². The number of aryl methyl sites for hydroxylation is 2. The molecular weight excluding hydrogens is 378 g/mol. The maximum absolute atomic E-state index is 6.09. The Morgan fingerprint density at radius 2 is 1.89 bits per heavy atom. The minimum Gasteiger partial charge on any atom is -0.344 e. The molecule has 0 saturated carbocycles. The van der Waals surface area contributed by atoms with Gasteiger partial charge in [-0.15, -0.1) is 11.3 Å². The molecule has 0 saturated heterocycles. The molecule has 28 heavy (non-hydrogen) atoms. The monoisotopic (exact) mass is 407 g/mol. The molecule has 0 aliphatic rings. The second-order valence-corrected chi connectivity index (χ2v) is 8.71. The molecule has 3 aromatic rings. The van der Waals surface area contributed by atoms with Crippen molar-refractivity contribution in [3.05, 3.63) is 75.1 Å². The predicted octanol–water partition coefficient (Wildman–Crippen LogP) is 7.89. The molecule has 0 spiro atoms. The number of para-hydroxylation sites is 1. The van der Waals surface area contributed by atoms with Crippen molar-refractivity contribution in [2.45, 2.75) is 53.5 Å². The molecule has 0 N–H and O–H groups in total. The maximum atomic E-state index is 6.09. The number of rotatable bonds is 8. The van der Waals surface area contributed by atoms with Crippen molar-refractivity contribution < 1.29 is 0 Å². The van der Waals surface area contributed by atoms with E-state index in [0.29, 0.717) is 0 Å². The van der Waals surface area contributed by atoms with Crippen LogP contribution in [0.5, 0.6) is 0 Å². The Kier molecular flexibility index (Phi) is 7.03. The summed E-state index contributed by atoms with van der Waals surface area (Å²) in [4.78, 5) is 2.27. The van der Waals surface area contributed by atoms with Gasteiger partial charge >= 0.3 is 0 Å². The molecule has 0 atom stereocenters. The lowest BCUT2D eigenvalue weighted by Crippen LogP contribution is -2.05. The number of thiophene rings is 1. The number of aromatic nitrogens is 1. The zero-order valence-corrected chi connectivity index (χ0v) is 18.9. The fourth-order valence-corrected chi connectivity index (χ4v) is 4.72.